The third-order valence-corrected chi connectivity index (χ3v) is 3.02. The fraction of sp³-hybridized carbons (Fsp3) is 0.182. The fourth-order valence-corrected chi connectivity index (χ4v) is 1.96. The lowest BCUT2D eigenvalue weighted by Crippen LogP contribution is -1.98. The van der Waals surface area contributed by atoms with Crippen molar-refractivity contribution in [3.05, 3.63) is 41.2 Å². The summed E-state index contributed by atoms with van der Waals surface area (Å²) in [4.78, 5) is 19.7. The van der Waals surface area contributed by atoms with Crippen LogP contribution in [0.25, 0.3) is 0 Å². The molecule has 1 N–H and O–H groups in total. The Hall–Kier alpha value is -1.95. The summed E-state index contributed by atoms with van der Waals surface area (Å²) in [5.74, 6) is -0.362. The van der Waals surface area contributed by atoms with Crippen molar-refractivity contribution in [3.8, 4) is 0 Å². The standard InChI is InChI=1S/C11H11N3O2S/c1-16-10(15)9-7-14-11(17-9)13-6-8-2-4-12-5-3-8/h2-5,7H,6H2,1H3,(H,13,14). The van der Waals surface area contributed by atoms with Crippen LogP contribution in [0.1, 0.15) is 15.2 Å². The number of carbonyl (C=O) groups is 1. The van der Waals surface area contributed by atoms with E-state index in [1.807, 2.05) is 12.1 Å². The molecule has 0 bridgehead atoms. The Labute approximate surface area is 102 Å². The van der Waals surface area contributed by atoms with E-state index in [1.165, 1.54) is 24.6 Å². The molecule has 0 saturated heterocycles. The van der Waals surface area contributed by atoms with Crippen LogP contribution in [0.15, 0.2) is 30.7 Å². The van der Waals surface area contributed by atoms with Gasteiger partial charge in [-0.3, -0.25) is 4.98 Å². The molecule has 0 fully saturated rings. The molecule has 0 unspecified atom stereocenters. The first-order chi connectivity index (χ1) is 8.29. The number of esters is 1. The van der Waals surface area contributed by atoms with Crippen LogP contribution in [-0.2, 0) is 11.3 Å². The highest BCUT2D eigenvalue weighted by atomic mass is 32.1. The van der Waals surface area contributed by atoms with Gasteiger partial charge in [0.2, 0.25) is 0 Å². The molecule has 2 rings (SSSR count). The number of carbonyl (C=O) groups excluding carboxylic acids is 1. The molecular formula is C11H11N3O2S. The monoisotopic (exact) mass is 249 g/mol. The Morgan fingerprint density at radius 3 is 2.94 bits per heavy atom. The van der Waals surface area contributed by atoms with Crippen molar-refractivity contribution in [1.82, 2.24) is 9.97 Å². The molecule has 0 aliphatic rings. The molecule has 2 aromatic rings. The highest BCUT2D eigenvalue weighted by molar-refractivity contribution is 7.17. The normalized spacial score (nSPS) is 9.94. The average molecular weight is 249 g/mol. The molecule has 88 valence electrons. The van der Waals surface area contributed by atoms with Crippen molar-refractivity contribution < 1.29 is 9.53 Å². The van der Waals surface area contributed by atoms with Crippen LogP contribution in [0.3, 0.4) is 0 Å². The van der Waals surface area contributed by atoms with Crippen LogP contribution in [0.5, 0.6) is 0 Å². The summed E-state index contributed by atoms with van der Waals surface area (Å²) < 4.78 is 4.61. The number of pyridine rings is 1. The van der Waals surface area contributed by atoms with Gasteiger partial charge in [0.25, 0.3) is 0 Å². The Kier molecular flexibility index (Phi) is 3.66. The van der Waals surface area contributed by atoms with Gasteiger partial charge in [-0.25, -0.2) is 9.78 Å². The quantitative estimate of drug-likeness (QED) is 0.839. The van der Waals surface area contributed by atoms with Crippen LogP contribution in [0.4, 0.5) is 5.13 Å². The zero-order valence-electron chi connectivity index (χ0n) is 9.21. The number of methoxy groups -OCH3 is 1. The maximum Gasteiger partial charge on any atom is 0.349 e. The summed E-state index contributed by atoms with van der Waals surface area (Å²) in [5, 5.41) is 3.83. The molecule has 0 spiro atoms. The first-order valence-electron chi connectivity index (χ1n) is 4.96. The number of thiazole rings is 1. The molecule has 0 aliphatic carbocycles. The van der Waals surface area contributed by atoms with Crippen LogP contribution in [0, 0.1) is 0 Å². The molecule has 2 heterocycles. The lowest BCUT2D eigenvalue weighted by atomic mass is 10.3. The van der Waals surface area contributed by atoms with E-state index in [0.29, 0.717) is 16.6 Å². The van der Waals surface area contributed by atoms with E-state index in [-0.39, 0.29) is 5.97 Å². The largest absolute Gasteiger partial charge is 0.465 e. The minimum absolute atomic E-state index is 0.362. The summed E-state index contributed by atoms with van der Waals surface area (Å²) >= 11 is 1.27. The fourth-order valence-electron chi connectivity index (χ4n) is 1.23. The molecule has 0 aromatic carbocycles. The van der Waals surface area contributed by atoms with E-state index >= 15 is 0 Å². The van der Waals surface area contributed by atoms with Crippen molar-refractivity contribution >= 4 is 22.4 Å². The molecule has 2 aromatic heterocycles. The molecule has 6 heteroatoms. The highest BCUT2D eigenvalue weighted by Crippen LogP contribution is 2.19. The Balaban J connectivity index is 1.96. The zero-order valence-corrected chi connectivity index (χ0v) is 10.0. The van der Waals surface area contributed by atoms with Gasteiger partial charge in [-0.2, -0.15) is 0 Å². The number of hydrogen-bond donors (Lipinski definition) is 1. The summed E-state index contributed by atoms with van der Waals surface area (Å²) in [6.07, 6.45) is 4.98. The lowest BCUT2D eigenvalue weighted by molar-refractivity contribution is 0.0606. The van der Waals surface area contributed by atoms with Gasteiger partial charge in [0.15, 0.2) is 5.13 Å². The number of hydrogen-bond acceptors (Lipinski definition) is 6. The second kappa shape index (κ2) is 5.40. The maximum absolute atomic E-state index is 11.2. The smallest absolute Gasteiger partial charge is 0.349 e. The summed E-state index contributed by atoms with van der Waals surface area (Å²) in [5.41, 5.74) is 1.11. The lowest BCUT2D eigenvalue weighted by Gasteiger charge is -2.01. The topological polar surface area (TPSA) is 64.1 Å². The molecule has 0 aliphatic heterocycles. The number of nitrogens with one attached hydrogen (secondary N) is 1. The van der Waals surface area contributed by atoms with E-state index in [4.69, 9.17) is 0 Å². The molecule has 0 radical (unpaired) electrons. The second-order valence-electron chi connectivity index (χ2n) is 3.23. The van der Waals surface area contributed by atoms with Crippen molar-refractivity contribution in [2.45, 2.75) is 6.54 Å². The third-order valence-electron chi connectivity index (χ3n) is 2.09. The third kappa shape index (κ3) is 3.01. The number of ether oxygens (including phenoxy) is 1. The molecular weight excluding hydrogens is 238 g/mol. The summed E-state index contributed by atoms with van der Waals surface area (Å²) in [6, 6.07) is 3.84. The van der Waals surface area contributed by atoms with Gasteiger partial charge in [0.05, 0.1) is 13.3 Å². The summed E-state index contributed by atoms with van der Waals surface area (Å²) in [7, 11) is 1.35. The van der Waals surface area contributed by atoms with E-state index in [1.54, 1.807) is 12.4 Å². The Morgan fingerprint density at radius 2 is 2.24 bits per heavy atom. The molecule has 0 atom stereocenters. The first-order valence-corrected chi connectivity index (χ1v) is 5.78. The van der Waals surface area contributed by atoms with Gasteiger partial charge in [-0.15, -0.1) is 0 Å². The highest BCUT2D eigenvalue weighted by Gasteiger charge is 2.09. The van der Waals surface area contributed by atoms with Gasteiger partial charge in [0.1, 0.15) is 4.88 Å². The van der Waals surface area contributed by atoms with Gasteiger partial charge in [0, 0.05) is 18.9 Å². The number of anilines is 1. The average Bonchev–Trinajstić information content (AvgIpc) is 2.85. The van der Waals surface area contributed by atoms with E-state index in [2.05, 4.69) is 20.0 Å². The minimum atomic E-state index is -0.362. The zero-order chi connectivity index (χ0) is 12.1. The Morgan fingerprint density at radius 1 is 1.47 bits per heavy atom. The van der Waals surface area contributed by atoms with Gasteiger partial charge in [-0.05, 0) is 17.7 Å². The number of aromatic nitrogens is 2. The van der Waals surface area contributed by atoms with E-state index in [0.717, 1.165) is 5.56 Å². The Bertz CT molecular complexity index is 498. The van der Waals surface area contributed by atoms with Crippen LogP contribution in [-0.4, -0.2) is 23.0 Å². The van der Waals surface area contributed by atoms with Gasteiger partial charge in [-0.1, -0.05) is 11.3 Å². The van der Waals surface area contributed by atoms with Crippen molar-refractivity contribution in [2.24, 2.45) is 0 Å². The van der Waals surface area contributed by atoms with Crippen LogP contribution in [0.2, 0.25) is 0 Å². The predicted molar refractivity (Wildman–Crippen MR) is 65.0 cm³/mol. The molecule has 17 heavy (non-hydrogen) atoms. The van der Waals surface area contributed by atoms with Gasteiger partial charge < -0.3 is 10.1 Å². The van der Waals surface area contributed by atoms with Crippen molar-refractivity contribution in [2.75, 3.05) is 12.4 Å². The van der Waals surface area contributed by atoms with Gasteiger partial charge >= 0.3 is 5.97 Å². The van der Waals surface area contributed by atoms with E-state index < -0.39 is 0 Å². The van der Waals surface area contributed by atoms with Crippen molar-refractivity contribution in [1.29, 1.82) is 0 Å². The SMILES string of the molecule is COC(=O)c1cnc(NCc2ccncc2)s1. The van der Waals surface area contributed by atoms with Crippen LogP contribution < -0.4 is 5.32 Å². The van der Waals surface area contributed by atoms with Crippen molar-refractivity contribution in [3.63, 3.8) is 0 Å². The first kappa shape index (κ1) is 11.5. The molecule has 0 amide bonds. The second-order valence-corrected chi connectivity index (χ2v) is 4.26. The van der Waals surface area contributed by atoms with Crippen LogP contribution >= 0.6 is 11.3 Å². The number of rotatable bonds is 4. The number of nitrogens with zero attached hydrogens (tertiary/aromatic N) is 2. The molecule has 5 nitrogen and oxygen atoms in total. The summed E-state index contributed by atoms with van der Waals surface area (Å²) in [6.45, 7) is 0.649. The molecule has 0 saturated carbocycles. The maximum atomic E-state index is 11.2. The van der Waals surface area contributed by atoms with E-state index in [9.17, 15) is 4.79 Å². The minimum Gasteiger partial charge on any atom is -0.465 e. The predicted octanol–water partition coefficient (Wildman–Crippen LogP) is 1.94.